The molecule has 4 nitrogen and oxygen atoms in total. The molecule has 0 aliphatic rings. The predicted molar refractivity (Wildman–Crippen MR) is 67.4 cm³/mol. The zero-order valence-corrected chi connectivity index (χ0v) is 10.9. The van der Waals surface area contributed by atoms with Crippen molar-refractivity contribution in [3.8, 4) is 0 Å². The summed E-state index contributed by atoms with van der Waals surface area (Å²) < 4.78 is 9.85. The minimum atomic E-state index is -0.511. The van der Waals surface area contributed by atoms with E-state index in [0.717, 1.165) is 5.56 Å². The average molecular weight is 249 g/mol. The van der Waals surface area contributed by atoms with Gasteiger partial charge in [-0.3, -0.25) is 0 Å². The fourth-order valence-corrected chi connectivity index (χ4v) is 1.51. The highest BCUT2D eigenvalue weighted by Gasteiger charge is 2.19. The second-order valence-electron chi connectivity index (χ2n) is 3.53. The molecule has 1 radical (unpaired) electrons. The maximum atomic E-state index is 11.8. The first-order valence-electron chi connectivity index (χ1n) is 5.91. The van der Waals surface area contributed by atoms with Crippen molar-refractivity contribution in [2.75, 3.05) is 13.2 Å². The molecule has 0 bridgehead atoms. The van der Waals surface area contributed by atoms with Crippen LogP contribution in [0.5, 0.6) is 0 Å². The lowest BCUT2D eigenvalue weighted by atomic mass is 10.0. The second-order valence-corrected chi connectivity index (χ2v) is 3.53. The van der Waals surface area contributed by atoms with Crippen LogP contribution in [0.2, 0.25) is 0 Å². The number of hydrogen-bond acceptors (Lipinski definition) is 4. The first-order valence-corrected chi connectivity index (χ1v) is 5.91. The summed E-state index contributed by atoms with van der Waals surface area (Å²) in [6.45, 7) is 5.83. The Hall–Kier alpha value is -1.84. The lowest BCUT2D eigenvalue weighted by molar-refractivity contribution is 0.0479. The summed E-state index contributed by atoms with van der Waals surface area (Å²) in [4.78, 5) is 23.5. The van der Waals surface area contributed by atoms with Gasteiger partial charge in [-0.15, -0.1) is 0 Å². The van der Waals surface area contributed by atoms with Crippen molar-refractivity contribution in [1.29, 1.82) is 0 Å². The van der Waals surface area contributed by atoms with Crippen molar-refractivity contribution >= 4 is 11.9 Å². The molecule has 1 aromatic carbocycles. The highest BCUT2D eigenvalue weighted by molar-refractivity contribution is 6.03. The highest BCUT2D eigenvalue weighted by atomic mass is 16.5. The Kier molecular flexibility index (Phi) is 5.36. The fourth-order valence-electron chi connectivity index (χ4n) is 1.51. The Morgan fingerprint density at radius 2 is 1.61 bits per heavy atom. The molecule has 0 aliphatic carbocycles. The van der Waals surface area contributed by atoms with Crippen LogP contribution in [-0.4, -0.2) is 25.2 Å². The van der Waals surface area contributed by atoms with E-state index in [1.54, 1.807) is 32.0 Å². The molecule has 18 heavy (non-hydrogen) atoms. The summed E-state index contributed by atoms with van der Waals surface area (Å²) in [6, 6.07) is 4.97. The SMILES string of the molecule is C[CH]c1ccc(C(=O)OCC)c(C(=O)OCC)c1. The Bertz CT molecular complexity index is 437. The summed E-state index contributed by atoms with van der Waals surface area (Å²) in [5, 5.41) is 0. The molecule has 97 valence electrons. The lowest BCUT2D eigenvalue weighted by Gasteiger charge is -2.09. The summed E-state index contributed by atoms with van der Waals surface area (Å²) in [6.07, 6.45) is 1.84. The monoisotopic (exact) mass is 249 g/mol. The molecule has 0 saturated heterocycles. The first-order chi connectivity index (χ1) is 8.63. The van der Waals surface area contributed by atoms with Gasteiger partial charge in [0.2, 0.25) is 0 Å². The van der Waals surface area contributed by atoms with Crippen LogP contribution in [0.4, 0.5) is 0 Å². The number of benzene rings is 1. The molecule has 0 fully saturated rings. The molecular weight excluding hydrogens is 232 g/mol. The largest absolute Gasteiger partial charge is 0.462 e. The van der Waals surface area contributed by atoms with Gasteiger partial charge in [-0.1, -0.05) is 13.0 Å². The third-order valence-corrected chi connectivity index (χ3v) is 2.37. The number of hydrogen-bond donors (Lipinski definition) is 0. The Labute approximate surface area is 107 Å². The molecular formula is C14H17O4. The first kappa shape index (κ1) is 14.2. The molecule has 0 unspecified atom stereocenters. The summed E-state index contributed by atoms with van der Waals surface area (Å²) in [5.41, 5.74) is 1.33. The van der Waals surface area contributed by atoms with Gasteiger partial charge in [-0.2, -0.15) is 0 Å². The minimum absolute atomic E-state index is 0.237. The van der Waals surface area contributed by atoms with E-state index in [-0.39, 0.29) is 24.3 Å². The van der Waals surface area contributed by atoms with E-state index in [2.05, 4.69) is 0 Å². The Morgan fingerprint density at radius 1 is 1.06 bits per heavy atom. The molecule has 0 aromatic heterocycles. The van der Waals surface area contributed by atoms with Crippen LogP contribution in [-0.2, 0) is 9.47 Å². The molecule has 0 amide bonds. The molecule has 0 atom stereocenters. The van der Waals surface area contributed by atoms with Gasteiger partial charge in [0.15, 0.2) is 0 Å². The van der Waals surface area contributed by atoms with Crippen LogP contribution in [0.3, 0.4) is 0 Å². The van der Waals surface area contributed by atoms with E-state index < -0.39 is 11.9 Å². The zero-order chi connectivity index (χ0) is 13.5. The van der Waals surface area contributed by atoms with E-state index >= 15 is 0 Å². The molecule has 1 aromatic rings. The van der Waals surface area contributed by atoms with E-state index in [0.29, 0.717) is 0 Å². The van der Waals surface area contributed by atoms with Gasteiger partial charge in [-0.05, 0) is 38.0 Å². The van der Waals surface area contributed by atoms with E-state index in [4.69, 9.17) is 9.47 Å². The van der Waals surface area contributed by atoms with Crippen LogP contribution in [0, 0.1) is 6.42 Å². The Balaban J connectivity index is 3.15. The van der Waals surface area contributed by atoms with Crippen molar-refractivity contribution in [3.63, 3.8) is 0 Å². The predicted octanol–water partition coefficient (Wildman–Crippen LogP) is 2.61. The standard InChI is InChI=1S/C14H17O4/c1-4-10-7-8-11(13(15)17-5-2)12(9-10)14(16)18-6-3/h4,7-9H,5-6H2,1-3H3. The number of esters is 2. The van der Waals surface area contributed by atoms with Crippen LogP contribution in [0.25, 0.3) is 0 Å². The highest BCUT2D eigenvalue weighted by Crippen LogP contribution is 2.16. The molecule has 0 heterocycles. The van der Waals surface area contributed by atoms with Crippen LogP contribution >= 0.6 is 0 Å². The number of carbonyl (C=O) groups is 2. The van der Waals surface area contributed by atoms with Crippen LogP contribution in [0.1, 0.15) is 47.1 Å². The van der Waals surface area contributed by atoms with Crippen molar-refractivity contribution in [2.24, 2.45) is 0 Å². The lowest BCUT2D eigenvalue weighted by Crippen LogP contribution is -2.14. The van der Waals surface area contributed by atoms with E-state index in [1.165, 1.54) is 0 Å². The molecule has 0 N–H and O–H groups in total. The quantitative estimate of drug-likeness (QED) is 0.753. The number of rotatable bonds is 5. The molecule has 0 aliphatic heterocycles. The van der Waals surface area contributed by atoms with Gasteiger partial charge in [-0.25, -0.2) is 9.59 Å². The smallest absolute Gasteiger partial charge is 0.339 e. The van der Waals surface area contributed by atoms with Crippen molar-refractivity contribution in [1.82, 2.24) is 0 Å². The van der Waals surface area contributed by atoms with E-state index in [1.807, 2.05) is 13.3 Å². The third kappa shape index (κ3) is 3.32. The topological polar surface area (TPSA) is 52.6 Å². The van der Waals surface area contributed by atoms with Gasteiger partial charge >= 0.3 is 11.9 Å². The molecule has 1 rings (SSSR count). The van der Waals surface area contributed by atoms with E-state index in [9.17, 15) is 9.59 Å². The van der Waals surface area contributed by atoms with Gasteiger partial charge in [0.25, 0.3) is 0 Å². The average Bonchev–Trinajstić information content (AvgIpc) is 2.38. The second kappa shape index (κ2) is 6.79. The third-order valence-electron chi connectivity index (χ3n) is 2.37. The van der Waals surface area contributed by atoms with Crippen LogP contribution < -0.4 is 0 Å². The van der Waals surface area contributed by atoms with Gasteiger partial charge < -0.3 is 9.47 Å². The van der Waals surface area contributed by atoms with Crippen molar-refractivity contribution in [2.45, 2.75) is 20.8 Å². The van der Waals surface area contributed by atoms with Crippen molar-refractivity contribution < 1.29 is 19.1 Å². The number of carbonyl (C=O) groups excluding carboxylic acids is 2. The van der Waals surface area contributed by atoms with Gasteiger partial charge in [0.05, 0.1) is 24.3 Å². The van der Waals surface area contributed by atoms with Gasteiger partial charge in [0, 0.05) is 0 Å². The maximum Gasteiger partial charge on any atom is 0.339 e. The summed E-state index contributed by atoms with van der Waals surface area (Å²) in [7, 11) is 0. The maximum absolute atomic E-state index is 11.8. The fraction of sp³-hybridized carbons (Fsp3) is 0.357. The van der Waals surface area contributed by atoms with Crippen LogP contribution in [0.15, 0.2) is 18.2 Å². The van der Waals surface area contributed by atoms with Gasteiger partial charge in [0.1, 0.15) is 0 Å². The minimum Gasteiger partial charge on any atom is -0.462 e. The zero-order valence-electron chi connectivity index (χ0n) is 10.9. The molecule has 0 saturated carbocycles. The number of ether oxygens (including phenoxy) is 2. The summed E-state index contributed by atoms with van der Waals surface area (Å²) in [5.74, 6) is -1.02. The Morgan fingerprint density at radius 3 is 2.11 bits per heavy atom. The summed E-state index contributed by atoms with van der Waals surface area (Å²) >= 11 is 0. The molecule has 4 heteroatoms. The van der Waals surface area contributed by atoms with Crippen molar-refractivity contribution in [3.05, 3.63) is 41.3 Å². The molecule has 0 spiro atoms. The normalized spacial score (nSPS) is 9.94.